The second-order valence-corrected chi connectivity index (χ2v) is 9.36. The van der Waals surface area contributed by atoms with E-state index in [2.05, 4.69) is 15.6 Å². The van der Waals surface area contributed by atoms with Crippen molar-refractivity contribution in [2.45, 2.75) is 79.9 Å². The van der Waals surface area contributed by atoms with E-state index in [1.54, 1.807) is 24.7 Å². The van der Waals surface area contributed by atoms with Crippen molar-refractivity contribution in [3.05, 3.63) is 11.9 Å². The Labute approximate surface area is 150 Å². The fourth-order valence-corrected chi connectivity index (χ4v) is 2.46. The van der Waals surface area contributed by atoms with E-state index in [1.165, 1.54) is 0 Å². The summed E-state index contributed by atoms with van der Waals surface area (Å²) < 4.78 is 1.61. The van der Waals surface area contributed by atoms with Crippen molar-refractivity contribution in [3.8, 4) is 0 Å². The first-order chi connectivity index (χ1) is 11.1. The molecule has 0 bridgehead atoms. The van der Waals surface area contributed by atoms with Crippen LogP contribution in [0.5, 0.6) is 0 Å². The van der Waals surface area contributed by atoms with Crippen molar-refractivity contribution in [1.29, 1.82) is 0 Å². The third-order valence-corrected chi connectivity index (χ3v) is 3.82. The summed E-state index contributed by atoms with van der Waals surface area (Å²) in [6, 6.07) is -0.401. The third kappa shape index (κ3) is 6.57. The topological polar surface area (TPSA) is 97.1 Å². The van der Waals surface area contributed by atoms with Crippen LogP contribution < -0.4 is 5.32 Å². The highest BCUT2D eigenvalue weighted by molar-refractivity contribution is 5.88. The third-order valence-electron chi connectivity index (χ3n) is 3.82. The van der Waals surface area contributed by atoms with Crippen LogP contribution in [0.1, 0.15) is 61.1 Å². The Bertz CT molecular complexity index is 621. The number of carbonyl (C=O) groups excluding carboxylic acids is 1. The molecular weight excluding hydrogens is 320 g/mol. The van der Waals surface area contributed by atoms with E-state index in [0.717, 1.165) is 0 Å². The molecule has 0 fully saturated rings. The summed E-state index contributed by atoms with van der Waals surface area (Å²) in [5, 5.41) is 20.7. The van der Waals surface area contributed by atoms with Crippen LogP contribution in [0.2, 0.25) is 0 Å². The first-order valence-corrected chi connectivity index (χ1v) is 8.56. The molecule has 1 aromatic rings. The summed E-state index contributed by atoms with van der Waals surface area (Å²) >= 11 is 0. The van der Waals surface area contributed by atoms with Gasteiger partial charge in [0.1, 0.15) is 0 Å². The van der Waals surface area contributed by atoms with E-state index < -0.39 is 22.8 Å². The summed E-state index contributed by atoms with van der Waals surface area (Å²) in [5.41, 5.74) is -1.01. The predicted molar refractivity (Wildman–Crippen MR) is 96.3 cm³/mol. The Morgan fingerprint density at radius 1 is 1.16 bits per heavy atom. The molecule has 142 valence electrons. The van der Waals surface area contributed by atoms with Gasteiger partial charge in [0.2, 0.25) is 0 Å². The van der Waals surface area contributed by atoms with Crippen LogP contribution in [0, 0.1) is 10.8 Å². The molecule has 0 amide bonds. The van der Waals surface area contributed by atoms with Gasteiger partial charge >= 0.3 is 5.97 Å². The molecule has 0 radical (unpaired) electrons. The van der Waals surface area contributed by atoms with Crippen molar-refractivity contribution in [1.82, 2.24) is 20.3 Å². The average molecular weight is 352 g/mol. The highest BCUT2D eigenvalue weighted by Crippen LogP contribution is 2.22. The van der Waals surface area contributed by atoms with Gasteiger partial charge in [-0.05, 0) is 34.6 Å². The Morgan fingerprint density at radius 3 is 2.16 bits per heavy atom. The van der Waals surface area contributed by atoms with Gasteiger partial charge in [0, 0.05) is 23.6 Å². The monoisotopic (exact) mass is 352 g/mol. The zero-order valence-corrected chi connectivity index (χ0v) is 16.7. The van der Waals surface area contributed by atoms with Crippen molar-refractivity contribution in [3.63, 3.8) is 0 Å². The summed E-state index contributed by atoms with van der Waals surface area (Å²) in [6.07, 6.45) is 2.00. The van der Waals surface area contributed by atoms with Crippen LogP contribution in [0.4, 0.5) is 0 Å². The zero-order valence-electron chi connectivity index (χ0n) is 16.7. The number of nitrogens with one attached hydrogen (secondary N) is 1. The van der Waals surface area contributed by atoms with Crippen LogP contribution in [0.15, 0.2) is 6.20 Å². The van der Waals surface area contributed by atoms with E-state index in [4.69, 9.17) is 0 Å². The standard InChI is InChI=1S/C18H32N4O3/c1-16(2,3)14(23)13(19-17(4,5)6)11-22-10-12(20-21-22)9-18(7,8)15(24)25/h10,13,19H,9,11H2,1-8H3,(H,24,25)/t13-/m0/s1. The second kappa shape index (κ2) is 7.23. The van der Waals surface area contributed by atoms with E-state index in [1.807, 2.05) is 41.5 Å². The quantitative estimate of drug-likeness (QED) is 0.781. The number of hydrogen-bond donors (Lipinski definition) is 2. The number of rotatable bonds is 7. The lowest BCUT2D eigenvalue weighted by molar-refractivity contribution is -0.146. The smallest absolute Gasteiger partial charge is 0.309 e. The molecule has 1 heterocycles. The number of carboxylic acid groups (broad SMARTS) is 1. The van der Waals surface area contributed by atoms with Crippen molar-refractivity contribution >= 4 is 11.8 Å². The molecule has 0 aliphatic rings. The number of aromatic nitrogens is 3. The predicted octanol–water partition coefficient (Wildman–Crippen LogP) is 2.30. The van der Waals surface area contributed by atoms with Gasteiger partial charge in [-0.1, -0.05) is 26.0 Å². The van der Waals surface area contributed by atoms with Crippen LogP contribution >= 0.6 is 0 Å². The highest BCUT2D eigenvalue weighted by atomic mass is 16.4. The number of nitrogens with zero attached hydrogens (tertiary/aromatic N) is 3. The lowest BCUT2D eigenvalue weighted by atomic mass is 9.85. The number of aliphatic carboxylic acids is 1. The minimum Gasteiger partial charge on any atom is -0.481 e. The Balaban J connectivity index is 2.95. The normalized spacial score (nSPS) is 14.4. The maximum atomic E-state index is 12.8. The average Bonchev–Trinajstić information content (AvgIpc) is 2.80. The molecule has 1 atom stereocenters. The van der Waals surface area contributed by atoms with Crippen LogP contribution in [0.3, 0.4) is 0 Å². The molecule has 0 aliphatic heterocycles. The molecule has 0 aromatic carbocycles. The molecule has 0 saturated heterocycles. The van der Waals surface area contributed by atoms with E-state index in [-0.39, 0.29) is 17.7 Å². The molecule has 0 saturated carbocycles. The molecule has 7 heteroatoms. The molecule has 7 nitrogen and oxygen atoms in total. The SMILES string of the molecule is CC(C)(C)N[C@@H](Cn1cc(CC(C)(C)C(=O)O)nn1)C(=O)C(C)(C)C. The van der Waals surface area contributed by atoms with Gasteiger partial charge < -0.3 is 10.4 Å². The van der Waals surface area contributed by atoms with Crippen molar-refractivity contribution in [2.24, 2.45) is 10.8 Å². The minimum atomic E-state index is -0.912. The lowest BCUT2D eigenvalue weighted by Gasteiger charge is -2.31. The first kappa shape index (κ1) is 21.3. The molecule has 0 unspecified atom stereocenters. The maximum absolute atomic E-state index is 12.8. The highest BCUT2D eigenvalue weighted by Gasteiger charge is 2.33. The summed E-state index contributed by atoms with van der Waals surface area (Å²) in [5.74, 6) is -0.775. The Hall–Kier alpha value is -1.76. The van der Waals surface area contributed by atoms with Gasteiger partial charge in [-0.2, -0.15) is 0 Å². The maximum Gasteiger partial charge on any atom is 0.309 e. The van der Waals surface area contributed by atoms with Crippen LogP contribution in [0.25, 0.3) is 0 Å². The number of Topliss-reactive ketones (excluding diaryl/α,β-unsaturated/α-hetero) is 1. The molecular formula is C18H32N4O3. The van der Waals surface area contributed by atoms with Gasteiger partial charge in [0.15, 0.2) is 5.78 Å². The van der Waals surface area contributed by atoms with Crippen LogP contribution in [-0.4, -0.2) is 43.4 Å². The van der Waals surface area contributed by atoms with Crippen molar-refractivity contribution < 1.29 is 14.7 Å². The summed E-state index contributed by atoms with van der Waals surface area (Å²) in [4.78, 5) is 24.0. The van der Waals surface area contributed by atoms with Crippen LogP contribution in [-0.2, 0) is 22.6 Å². The van der Waals surface area contributed by atoms with E-state index in [0.29, 0.717) is 12.2 Å². The minimum absolute atomic E-state index is 0.102. The van der Waals surface area contributed by atoms with Gasteiger partial charge in [-0.25, -0.2) is 0 Å². The van der Waals surface area contributed by atoms with Gasteiger partial charge in [0.25, 0.3) is 0 Å². The Kier molecular flexibility index (Phi) is 6.16. The van der Waals surface area contributed by atoms with Gasteiger partial charge in [-0.15, -0.1) is 5.10 Å². The largest absolute Gasteiger partial charge is 0.481 e. The van der Waals surface area contributed by atoms with E-state index in [9.17, 15) is 14.7 Å². The van der Waals surface area contributed by atoms with Crippen molar-refractivity contribution in [2.75, 3.05) is 0 Å². The van der Waals surface area contributed by atoms with Gasteiger partial charge in [-0.3, -0.25) is 14.3 Å². The molecule has 1 aromatic heterocycles. The molecule has 2 N–H and O–H groups in total. The number of carbonyl (C=O) groups is 2. The summed E-state index contributed by atoms with van der Waals surface area (Å²) in [6.45, 7) is 15.4. The number of ketones is 1. The fraction of sp³-hybridized carbons (Fsp3) is 0.778. The fourth-order valence-electron chi connectivity index (χ4n) is 2.46. The van der Waals surface area contributed by atoms with Gasteiger partial charge in [0.05, 0.1) is 23.7 Å². The number of carboxylic acids is 1. The molecule has 0 aliphatic carbocycles. The lowest BCUT2D eigenvalue weighted by Crippen LogP contribution is -2.52. The zero-order chi connectivity index (χ0) is 19.6. The number of hydrogen-bond acceptors (Lipinski definition) is 5. The second-order valence-electron chi connectivity index (χ2n) is 9.36. The first-order valence-electron chi connectivity index (χ1n) is 8.56. The Morgan fingerprint density at radius 2 is 1.72 bits per heavy atom. The molecule has 25 heavy (non-hydrogen) atoms. The molecule has 0 spiro atoms. The molecule has 1 rings (SSSR count). The van der Waals surface area contributed by atoms with E-state index >= 15 is 0 Å². The summed E-state index contributed by atoms with van der Waals surface area (Å²) in [7, 11) is 0.